The highest BCUT2D eigenvalue weighted by molar-refractivity contribution is 7.92. The van der Waals surface area contributed by atoms with Crippen molar-refractivity contribution < 1.29 is 22.7 Å². The highest BCUT2D eigenvalue weighted by atomic mass is 35.5. The molecule has 0 bridgehead atoms. The van der Waals surface area contributed by atoms with Gasteiger partial charge in [-0.3, -0.25) is 13.9 Å². The summed E-state index contributed by atoms with van der Waals surface area (Å²) in [6, 6.07) is 18.4. The van der Waals surface area contributed by atoms with Crippen LogP contribution in [0.15, 0.2) is 77.7 Å². The van der Waals surface area contributed by atoms with Gasteiger partial charge in [-0.1, -0.05) is 73.4 Å². The Morgan fingerprint density at radius 3 is 2.10 bits per heavy atom. The molecule has 0 aromatic heterocycles. The normalized spacial score (nSPS) is 12.7. The number of rotatable bonds is 14. The minimum Gasteiger partial charge on any atom is -0.492 e. The fourth-order valence-electron chi connectivity index (χ4n) is 4.39. The van der Waals surface area contributed by atoms with Crippen molar-refractivity contribution >= 4 is 50.7 Å². The van der Waals surface area contributed by atoms with Crippen LogP contribution in [0.4, 0.5) is 5.69 Å². The third kappa shape index (κ3) is 7.96. The minimum atomic E-state index is -4.24. The van der Waals surface area contributed by atoms with E-state index in [1.807, 2.05) is 13.8 Å². The van der Waals surface area contributed by atoms with Crippen LogP contribution in [0.3, 0.4) is 0 Å². The molecule has 0 spiro atoms. The van der Waals surface area contributed by atoms with Gasteiger partial charge in [0.2, 0.25) is 11.8 Å². The predicted molar refractivity (Wildman–Crippen MR) is 168 cm³/mol. The van der Waals surface area contributed by atoms with Gasteiger partial charge >= 0.3 is 0 Å². The van der Waals surface area contributed by atoms with Crippen molar-refractivity contribution in [2.75, 3.05) is 17.5 Å². The van der Waals surface area contributed by atoms with E-state index < -0.39 is 28.5 Å². The predicted octanol–water partition coefficient (Wildman–Crippen LogP) is 6.31. The van der Waals surface area contributed by atoms with E-state index in [0.717, 1.165) is 4.31 Å². The highest BCUT2D eigenvalue weighted by Gasteiger charge is 2.35. The molecule has 0 fully saturated rings. The third-order valence-corrected chi connectivity index (χ3v) is 9.30. The standard InChI is InChI=1S/C31H37Cl2N3O5S/c1-5-22(4)34-31(38)27(6-2)35(20-24-25(32)16-13-17-26(24)33)30(37)21-36(28-18-11-12-19-29(28)41-7-3)42(39,40)23-14-9-8-10-15-23/h8-19,22,27H,5-7,20-21H2,1-4H3,(H,34,38). The number of sulfonamides is 1. The first kappa shape index (κ1) is 33.2. The number of carbonyl (C=O) groups is 2. The zero-order valence-electron chi connectivity index (χ0n) is 24.2. The van der Waals surface area contributed by atoms with E-state index >= 15 is 0 Å². The molecule has 226 valence electrons. The molecule has 0 aliphatic carbocycles. The monoisotopic (exact) mass is 633 g/mol. The molecule has 2 amide bonds. The molecule has 8 nitrogen and oxygen atoms in total. The van der Waals surface area contributed by atoms with Crippen molar-refractivity contribution in [2.24, 2.45) is 0 Å². The molecule has 11 heteroatoms. The molecule has 2 atom stereocenters. The molecule has 0 aliphatic rings. The first-order valence-electron chi connectivity index (χ1n) is 13.9. The number of carbonyl (C=O) groups excluding carboxylic acids is 2. The van der Waals surface area contributed by atoms with Gasteiger partial charge in [-0.05, 0) is 63.1 Å². The Kier molecular flexibility index (Phi) is 12.1. The van der Waals surface area contributed by atoms with Gasteiger partial charge in [0.05, 0.1) is 17.2 Å². The van der Waals surface area contributed by atoms with Crippen LogP contribution in [-0.4, -0.2) is 50.4 Å². The largest absolute Gasteiger partial charge is 0.492 e. The van der Waals surface area contributed by atoms with Gasteiger partial charge in [-0.2, -0.15) is 0 Å². The molecule has 0 saturated carbocycles. The quantitative estimate of drug-likeness (QED) is 0.224. The summed E-state index contributed by atoms with van der Waals surface area (Å²) >= 11 is 13.0. The number of ether oxygens (including phenoxy) is 1. The second-order valence-electron chi connectivity index (χ2n) is 9.69. The Hall–Kier alpha value is -3.27. The van der Waals surface area contributed by atoms with Gasteiger partial charge < -0.3 is 15.0 Å². The van der Waals surface area contributed by atoms with Crippen LogP contribution in [0.2, 0.25) is 10.0 Å². The van der Waals surface area contributed by atoms with E-state index in [4.69, 9.17) is 27.9 Å². The molecule has 2 unspecified atom stereocenters. The molecule has 3 aromatic rings. The maximum atomic E-state index is 14.3. The highest BCUT2D eigenvalue weighted by Crippen LogP contribution is 2.33. The van der Waals surface area contributed by atoms with Crippen LogP contribution < -0.4 is 14.4 Å². The van der Waals surface area contributed by atoms with E-state index in [0.29, 0.717) is 27.8 Å². The Labute approximate surface area is 258 Å². The van der Waals surface area contributed by atoms with E-state index in [1.165, 1.54) is 17.0 Å². The first-order valence-corrected chi connectivity index (χ1v) is 16.1. The van der Waals surface area contributed by atoms with Gasteiger partial charge in [0, 0.05) is 28.2 Å². The Morgan fingerprint density at radius 2 is 1.50 bits per heavy atom. The average Bonchev–Trinajstić information content (AvgIpc) is 2.98. The summed E-state index contributed by atoms with van der Waals surface area (Å²) in [7, 11) is -4.24. The van der Waals surface area contributed by atoms with E-state index in [2.05, 4.69) is 5.32 Å². The molecule has 0 aliphatic heterocycles. The Morgan fingerprint density at radius 1 is 0.881 bits per heavy atom. The number of nitrogens with one attached hydrogen (secondary N) is 1. The SMILES string of the molecule is CCOc1ccccc1N(CC(=O)N(Cc1c(Cl)cccc1Cl)C(CC)C(=O)NC(C)CC)S(=O)(=O)c1ccccc1. The maximum Gasteiger partial charge on any atom is 0.264 e. The van der Waals surface area contributed by atoms with Crippen LogP contribution in [0.1, 0.15) is 46.1 Å². The summed E-state index contributed by atoms with van der Waals surface area (Å²) < 4.78 is 34.9. The summed E-state index contributed by atoms with van der Waals surface area (Å²) in [5.74, 6) is -0.659. The number of para-hydroxylation sites is 2. The van der Waals surface area contributed by atoms with Crippen molar-refractivity contribution in [3.63, 3.8) is 0 Å². The molecule has 3 aromatic carbocycles. The van der Waals surface area contributed by atoms with Crippen molar-refractivity contribution in [3.05, 3.63) is 88.4 Å². The molecule has 0 radical (unpaired) electrons. The molecule has 3 rings (SSSR count). The zero-order valence-corrected chi connectivity index (χ0v) is 26.5. The van der Waals surface area contributed by atoms with Crippen LogP contribution in [0.25, 0.3) is 0 Å². The number of hydrogen-bond donors (Lipinski definition) is 1. The fourth-order valence-corrected chi connectivity index (χ4v) is 6.35. The molecule has 1 N–H and O–H groups in total. The van der Waals surface area contributed by atoms with Crippen molar-refractivity contribution in [1.82, 2.24) is 10.2 Å². The second kappa shape index (κ2) is 15.3. The lowest BCUT2D eigenvalue weighted by Gasteiger charge is -2.34. The van der Waals surface area contributed by atoms with E-state index in [-0.39, 0.29) is 42.1 Å². The topological polar surface area (TPSA) is 96.0 Å². The molecular weight excluding hydrogens is 597 g/mol. The van der Waals surface area contributed by atoms with Gasteiger partial charge in [0.15, 0.2) is 0 Å². The van der Waals surface area contributed by atoms with Gasteiger partial charge in [0.1, 0.15) is 18.3 Å². The molecule has 42 heavy (non-hydrogen) atoms. The lowest BCUT2D eigenvalue weighted by atomic mass is 10.1. The number of anilines is 1. The van der Waals surface area contributed by atoms with Crippen LogP contribution in [-0.2, 0) is 26.2 Å². The van der Waals surface area contributed by atoms with Crippen LogP contribution in [0, 0.1) is 0 Å². The second-order valence-corrected chi connectivity index (χ2v) is 12.4. The van der Waals surface area contributed by atoms with E-state index in [1.54, 1.807) is 74.5 Å². The van der Waals surface area contributed by atoms with Gasteiger partial charge in [0.25, 0.3) is 10.0 Å². The summed E-state index contributed by atoms with van der Waals surface area (Å²) in [5.41, 5.74) is 0.653. The van der Waals surface area contributed by atoms with Crippen molar-refractivity contribution in [2.45, 2.75) is 64.1 Å². The summed E-state index contributed by atoms with van der Waals surface area (Å²) in [4.78, 5) is 29.1. The lowest BCUT2D eigenvalue weighted by Crippen LogP contribution is -2.53. The Balaban J connectivity index is 2.14. The zero-order chi connectivity index (χ0) is 30.9. The van der Waals surface area contributed by atoms with Crippen molar-refractivity contribution in [1.29, 1.82) is 0 Å². The van der Waals surface area contributed by atoms with Gasteiger partial charge in [-0.15, -0.1) is 0 Å². The van der Waals surface area contributed by atoms with Crippen LogP contribution >= 0.6 is 23.2 Å². The Bertz CT molecular complexity index is 1450. The summed E-state index contributed by atoms with van der Waals surface area (Å²) in [6.07, 6.45) is 0.973. The number of amides is 2. The smallest absolute Gasteiger partial charge is 0.264 e. The lowest BCUT2D eigenvalue weighted by molar-refractivity contribution is -0.140. The summed E-state index contributed by atoms with van der Waals surface area (Å²) in [6.45, 7) is 6.98. The summed E-state index contributed by atoms with van der Waals surface area (Å²) in [5, 5.41) is 3.60. The molecular formula is C31H37Cl2N3O5S. The fraction of sp³-hybridized carbons (Fsp3) is 0.355. The first-order chi connectivity index (χ1) is 20.0. The number of hydrogen-bond acceptors (Lipinski definition) is 5. The number of benzene rings is 3. The molecule has 0 heterocycles. The van der Waals surface area contributed by atoms with Crippen molar-refractivity contribution in [3.8, 4) is 5.75 Å². The average molecular weight is 635 g/mol. The molecule has 0 saturated heterocycles. The van der Waals surface area contributed by atoms with Gasteiger partial charge in [-0.25, -0.2) is 8.42 Å². The van der Waals surface area contributed by atoms with E-state index in [9.17, 15) is 18.0 Å². The van der Waals surface area contributed by atoms with Crippen LogP contribution in [0.5, 0.6) is 5.75 Å². The third-order valence-electron chi connectivity index (χ3n) is 6.82. The number of nitrogens with zero attached hydrogens (tertiary/aromatic N) is 2. The number of halogens is 2. The maximum absolute atomic E-state index is 14.3. The minimum absolute atomic E-state index is 0.00588.